The quantitative estimate of drug-likeness (QED) is 0.689. The Morgan fingerprint density at radius 1 is 0.815 bits per heavy atom. The molecule has 1 heterocycles. The number of fused-ring (bicyclic) bond motifs is 1. The van der Waals surface area contributed by atoms with Gasteiger partial charge >= 0.3 is 0 Å². The van der Waals surface area contributed by atoms with Crippen molar-refractivity contribution in [2.75, 3.05) is 16.8 Å². The summed E-state index contributed by atoms with van der Waals surface area (Å²) in [6.45, 7) is 2.13. The van der Waals surface area contributed by atoms with Gasteiger partial charge in [-0.2, -0.15) is 0 Å². The van der Waals surface area contributed by atoms with Gasteiger partial charge in [0, 0.05) is 23.1 Å². The topological polar surface area (TPSA) is 76.7 Å². The number of sulfonamides is 1. The van der Waals surface area contributed by atoms with Gasteiger partial charge < -0.3 is 14.8 Å². The van der Waals surface area contributed by atoms with Gasteiger partial charge in [0.1, 0.15) is 0 Å². The van der Waals surface area contributed by atoms with E-state index in [1.807, 2.05) is 43.3 Å². The molecule has 0 fully saturated rings. The van der Waals surface area contributed by atoms with Crippen molar-refractivity contribution in [1.29, 1.82) is 0 Å². The predicted octanol–water partition coefficient (Wildman–Crippen LogP) is 4.27. The first kappa shape index (κ1) is 17.2. The summed E-state index contributed by atoms with van der Waals surface area (Å²) in [5.74, 6) is 0.969. The standard InChI is InChI=1S/C20H18N2O4S/c1-14-3-2-4-17(11-14)21-15-5-7-16(8-6-15)22-27(23,24)18-9-10-19-20(12-18)26-13-25-19/h2-12,21-22H,13H2,1H3. The number of nitrogens with one attached hydrogen (secondary N) is 2. The second kappa shape index (κ2) is 6.85. The van der Waals surface area contributed by atoms with Gasteiger partial charge in [-0.15, -0.1) is 0 Å². The number of rotatable bonds is 5. The van der Waals surface area contributed by atoms with Crippen LogP contribution < -0.4 is 19.5 Å². The lowest BCUT2D eigenvalue weighted by Crippen LogP contribution is -2.12. The molecule has 6 nitrogen and oxygen atoms in total. The maximum Gasteiger partial charge on any atom is 0.262 e. The van der Waals surface area contributed by atoms with E-state index in [9.17, 15) is 8.42 Å². The van der Waals surface area contributed by atoms with Crippen LogP contribution in [0, 0.1) is 6.92 Å². The lowest BCUT2D eigenvalue weighted by atomic mass is 10.2. The molecule has 3 aromatic rings. The second-order valence-electron chi connectivity index (χ2n) is 6.19. The maximum atomic E-state index is 12.6. The minimum atomic E-state index is -3.72. The fourth-order valence-electron chi connectivity index (χ4n) is 2.77. The van der Waals surface area contributed by atoms with Gasteiger partial charge in [-0.3, -0.25) is 4.72 Å². The van der Waals surface area contributed by atoms with Crippen LogP contribution in [-0.4, -0.2) is 15.2 Å². The van der Waals surface area contributed by atoms with E-state index in [1.165, 1.54) is 12.1 Å². The van der Waals surface area contributed by atoms with Crippen LogP contribution in [-0.2, 0) is 10.0 Å². The highest BCUT2D eigenvalue weighted by molar-refractivity contribution is 7.92. The van der Waals surface area contributed by atoms with Crippen molar-refractivity contribution in [3.05, 3.63) is 72.3 Å². The van der Waals surface area contributed by atoms with E-state index in [4.69, 9.17) is 9.47 Å². The van der Waals surface area contributed by atoms with Gasteiger partial charge in [0.05, 0.1) is 4.90 Å². The van der Waals surface area contributed by atoms with Gasteiger partial charge in [-0.25, -0.2) is 8.42 Å². The Morgan fingerprint density at radius 3 is 2.33 bits per heavy atom. The molecule has 0 spiro atoms. The maximum absolute atomic E-state index is 12.6. The highest BCUT2D eigenvalue weighted by atomic mass is 32.2. The van der Waals surface area contributed by atoms with Crippen molar-refractivity contribution in [2.24, 2.45) is 0 Å². The van der Waals surface area contributed by atoms with Gasteiger partial charge in [-0.1, -0.05) is 12.1 Å². The van der Waals surface area contributed by atoms with Crippen molar-refractivity contribution < 1.29 is 17.9 Å². The van der Waals surface area contributed by atoms with Gasteiger partial charge in [0.25, 0.3) is 10.0 Å². The molecule has 0 radical (unpaired) electrons. The summed E-state index contributed by atoms with van der Waals surface area (Å²) in [5, 5.41) is 3.29. The molecule has 0 saturated carbocycles. The summed E-state index contributed by atoms with van der Waals surface area (Å²) in [7, 11) is -3.72. The van der Waals surface area contributed by atoms with Crippen LogP contribution in [0.2, 0.25) is 0 Å². The van der Waals surface area contributed by atoms with Crippen molar-refractivity contribution in [3.8, 4) is 11.5 Å². The number of anilines is 3. The van der Waals surface area contributed by atoms with Gasteiger partial charge in [-0.05, 0) is 61.0 Å². The molecule has 0 bridgehead atoms. The lowest BCUT2D eigenvalue weighted by molar-refractivity contribution is 0.174. The fraction of sp³-hybridized carbons (Fsp3) is 0.100. The van der Waals surface area contributed by atoms with Crippen LogP contribution in [0.15, 0.2) is 71.6 Å². The van der Waals surface area contributed by atoms with Crippen molar-refractivity contribution in [3.63, 3.8) is 0 Å². The third kappa shape index (κ3) is 3.83. The SMILES string of the molecule is Cc1cccc(Nc2ccc(NS(=O)(=O)c3ccc4c(c3)OCO4)cc2)c1. The third-order valence-corrected chi connectivity index (χ3v) is 5.48. The molecule has 0 saturated heterocycles. The summed E-state index contributed by atoms with van der Waals surface area (Å²) in [5.41, 5.74) is 3.48. The van der Waals surface area contributed by atoms with E-state index >= 15 is 0 Å². The largest absolute Gasteiger partial charge is 0.454 e. The van der Waals surface area contributed by atoms with Crippen molar-refractivity contribution in [1.82, 2.24) is 0 Å². The Morgan fingerprint density at radius 2 is 1.56 bits per heavy atom. The molecular formula is C20H18N2O4S. The van der Waals surface area contributed by atoms with E-state index in [0.29, 0.717) is 17.2 Å². The van der Waals surface area contributed by atoms with Crippen LogP contribution in [0.5, 0.6) is 11.5 Å². The molecule has 3 aromatic carbocycles. The summed E-state index contributed by atoms with van der Waals surface area (Å²) < 4.78 is 38.2. The zero-order chi connectivity index (χ0) is 18.9. The van der Waals surface area contributed by atoms with Gasteiger partial charge in [0.15, 0.2) is 11.5 Å². The average Bonchev–Trinajstić information content (AvgIpc) is 3.11. The van der Waals surface area contributed by atoms with Crippen molar-refractivity contribution >= 4 is 27.1 Å². The van der Waals surface area contributed by atoms with Crippen LogP contribution in [0.3, 0.4) is 0 Å². The predicted molar refractivity (Wildman–Crippen MR) is 104 cm³/mol. The molecule has 0 amide bonds. The summed E-state index contributed by atoms with van der Waals surface area (Å²) in [6.07, 6.45) is 0. The van der Waals surface area contributed by atoms with E-state index in [2.05, 4.69) is 10.0 Å². The third-order valence-electron chi connectivity index (χ3n) is 4.10. The lowest BCUT2D eigenvalue weighted by Gasteiger charge is -2.11. The minimum absolute atomic E-state index is 0.0989. The Bertz CT molecular complexity index is 1080. The molecule has 0 aromatic heterocycles. The molecular weight excluding hydrogens is 364 g/mol. The normalized spacial score (nSPS) is 12.6. The van der Waals surface area contributed by atoms with Crippen LogP contribution in [0.1, 0.15) is 5.56 Å². The molecule has 1 aliphatic rings. The smallest absolute Gasteiger partial charge is 0.262 e. The average molecular weight is 382 g/mol. The second-order valence-corrected chi connectivity index (χ2v) is 7.87. The minimum Gasteiger partial charge on any atom is -0.454 e. The zero-order valence-electron chi connectivity index (χ0n) is 14.6. The molecule has 138 valence electrons. The number of benzene rings is 3. The first-order valence-corrected chi connectivity index (χ1v) is 9.84. The monoisotopic (exact) mass is 382 g/mol. The van der Waals surface area contributed by atoms with Crippen LogP contribution in [0.25, 0.3) is 0 Å². The molecule has 7 heteroatoms. The Kier molecular flexibility index (Phi) is 4.37. The Balaban J connectivity index is 1.49. The molecule has 27 heavy (non-hydrogen) atoms. The molecule has 1 aliphatic heterocycles. The van der Waals surface area contributed by atoms with Crippen LogP contribution >= 0.6 is 0 Å². The summed E-state index contributed by atoms with van der Waals surface area (Å²) >= 11 is 0. The molecule has 0 atom stereocenters. The molecule has 4 rings (SSSR count). The summed E-state index contributed by atoms with van der Waals surface area (Å²) in [4.78, 5) is 0.119. The number of hydrogen-bond donors (Lipinski definition) is 2. The van der Waals surface area contributed by atoms with Crippen LogP contribution in [0.4, 0.5) is 17.1 Å². The number of aryl methyl sites for hydroxylation is 1. The summed E-state index contributed by atoms with van der Waals surface area (Å²) in [6, 6.07) is 19.6. The first-order chi connectivity index (χ1) is 13.0. The molecule has 2 N–H and O–H groups in total. The fourth-order valence-corrected chi connectivity index (χ4v) is 3.84. The number of ether oxygens (including phenoxy) is 2. The number of hydrogen-bond acceptors (Lipinski definition) is 5. The Labute approximate surface area is 157 Å². The van der Waals surface area contributed by atoms with E-state index < -0.39 is 10.0 Å². The highest BCUT2D eigenvalue weighted by Gasteiger charge is 2.20. The van der Waals surface area contributed by atoms with E-state index in [1.54, 1.807) is 18.2 Å². The van der Waals surface area contributed by atoms with Crippen molar-refractivity contribution in [2.45, 2.75) is 11.8 Å². The zero-order valence-corrected chi connectivity index (χ0v) is 15.4. The first-order valence-electron chi connectivity index (χ1n) is 8.36. The van der Waals surface area contributed by atoms with Gasteiger partial charge in [0.2, 0.25) is 6.79 Å². The highest BCUT2D eigenvalue weighted by Crippen LogP contribution is 2.34. The Hall–Kier alpha value is -3.19. The molecule has 0 aliphatic carbocycles. The van der Waals surface area contributed by atoms with E-state index in [0.717, 1.165) is 16.9 Å². The molecule has 0 unspecified atom stereocenters. The van der Waals surface area contributed by atoms with E-state index in [-0.39, 0.29) is 11.7 Å².